The zero-order chi connectivity index (χ0) is 13.0. The van der Waals surface area contributed by atoms with Gasteiger partial charge in [0.15, 0.2) is 5.78 Å². The fourth-order valence-corrected chi connectivity index (χ4v) is 3.79. The first-order valence-electron chi connectivity index (χ1n) is 6.61. The summed E-state index contributed by atoms with van der Waals surface area (Å²) in [6.07, 6.45) is 2.17. The number of fused-ring (bicyclic) bond motifs is 3. The van der Waals surface area contributed by atoms with E-state index < -0.39 is 0 Å². The highest BCUT2D eigenvalue weighted by Gasteiger charge is 2.53. The molecule has 96 valence electrons. The SMILES string of the molecule is C=C1C(=O)C[C@H]2C(=C)CC[C@@H]3[C@H](OC(=O)[C@H]3C)[C@@H]12. The molecule has 0 aromatic heterocycles. The second-order valence-corrected chi connectivity index (χ2v) is 5.84. The highest BCUT2D eigenvalue weighted by atomic mass is 16.6. The van der Waals surface area contributed by atoms with E-state index >= 15 is 0 Å². The Morgan fingerprint density at radius 3 is 2.72 bits per heavy atom. The van der Waals surface area contributed by atoms with E-state index in [1.165, 1.54) is 0 Å². The van der Waals surface area contributed by atoms with Crippen molar-refractivity contribution < 1.29 is 14.3 Å². The van der Waals surface area contributed by atoms with Crippen LogP contribution < -0.4 is 0 Å². The molecule has 0 aromatic rings. The second-order valence-electron chi connectivity index (χ2n) is 5.84. The number of carbonyl (C=O) groups excluding carboxylic acids is 2. The maximum absolute atomic E-state index is 11.9. The molecule has 0 bridgehead atoms. The number of ketones is 1. The maximum atomic E-state index is 11.9. The molecule has 0 aromatic carbocycles. The van der Waals surface area contributed by atoms with Gasteiger partial charge in [0.25, 0.3) is 0 Å². The van der Waals surface area contributed by atoms with Gasteiger partial charge in [-0.25, -0.2) is 0 Å². The average Bonchev–Trinajstić information content (AvgIpc) is 2.72. The van der Waals surface area contributed by atoms with Crippen molar-refractivity contribution in [3.8, 4) is 0 Å². The fourth-order valence-electron chi connectivity index (χ4n) is 3.79. The first-order chi connectivity index (χ1) is 8.50. The van der Waals surface area contributed by atoms with E-state index in [1.807, 2.05) is 6.92 Å². The van der Waals surface area contributed by atoms with E-state index in [-0.39, 0.29) is 41.5 Å². The summed E-state index contributed by atoms with van der Waals surface area (Å²) in [5.74, 6) is 0.257. The van der Waals surface area contributed by atoms with Crippen molar-refractivity contribution in [2.45, 2.75) is 32.3 Å². The van der Waals surface area contributed by atoms with Gasteiger partial charge < -0.3 is 4.74 Å². The minimum Gasteiger partial charge on any atom is -0.461 e. The first kappa shape index (κ1) is 11.7. The molecule has 0 unspecified atom stereocenters. The summed E-state index contributed by atoms with van der Waals surface area (Å²) in [7, 11) is 0. The predicted molar refractivity (Wildman–Crippen MR) is 66.7 cm³/mol. The van der Waals surface area contributed by atoms with Gasteiger partial charge in [0, 0.05) is 18.3 Å². The molecule has 3 heteroatoms. The van der Waals surface area contributed by atoms with Crippen LogP contribution in [0.2, 0.25) is 0 Å². The average molecular weight is 246 g/mol. The molecule has 5 atom stereocenters. The van der Waals surface area contributed by atoms with Crippen molar-refractivity contribution in [1.29, 1.82) is 0 Å². The monoisotopic (exact) mass is 246 g/mol. The Kier molecular flexibility index (Phi) is 2.47. The summed E-state index contributed by atoms with van der Waals surface area (Å²) < 4.78 is 5.55. The number of hydrogen-bond acceptors (Lipinski definition) is 3. The van der Waals surface area contributed by atoms with Crippen molar-refractivity contribution in [3.05, 3.63) is 24.3 Å². The van der Waals surface area contributed by atoms with E-state index in [9.17, 15) is 9.59 Å². The molecule has 0 amide bonds. The Hall–Kier alpha value is -1.38. The number of allylic oxidation sites excluding steroid dienone is 1. The van der Waals surface area contributed by atoms with Crippen LogP contribution in [0.4, 0.5) is 0 Å². The third-order valence-corrected chi connectivity index (χ3v) is 4.96. The number of hydrogen-bond donors (Lipinski definition) is 0. The number of carbonyl (C=O) groups is 2. The lowest BCUT2D eigenvalue weighted by molar-refractivity contribution is -0.145. The van der Waals surface area contributed by atoms with E-state index in [4.69, 9.17) is 4.74 Å². The predicted octanol–water partition coefficient (Wildman–Crippen LogP) is 2.28. The number of esters is 1. The van der Waals surface area contributed by atoms with Crippen molar-refractivity contribution in [2.24, 2.45) is 23.7 Å². The summed E-state index contributed by atoms with van der Waals surface area (Å²) in [4.78, 5) is 23.6. The van der Waals surface area contributed by atoms with Crippen LogP contribution in [0, 0.1) is 23.7 Å². The zero-order valence-corrected chi connectivity index (χ0v) is 10.6. The molecular weight excluding hydrogens is 228 g/mol. The zero-order valence-electron chi connectivity index (χ0n) is 10.6. The first-order valence-corrected chi connectivity index (χ1v) is 6.61. The summed E-state index contributed by atoms with van der Waals surface area (Å²) in [5, 5.41) is 0. The summed E-state index contributed by atoms with van der Waals surface area (Å²) in [6.45, 7) is 9.97. The Morgan fingerprint density at radius 1 is 1.28 bits per heavy atom. The summed E-state index contributed by atoms with van der Waals surface area (Å²) in [6, 6.07) is 0. The standard InChI is InChI=1S/C15H18O3/c1-7-4-5-10-8(2)15(17)18-14(10)13-9(3)12(16)6-11(7)13/h8,10-11,13-14H,1,3-6H2,2H3/t8-,10-,11-,13-,14-/m0/s1. The molecule has 3 fully saturated rings. The van der Waals surface area contributed by atoms with Crippen LogP contribution in [0.25, 0.3) is 0 Å². The molecule has 3 nitrogen and oxygen atoms in total. The Balaban J connectivity index is 2.01. The summed E-state index contributed by atoms with van der Waals surface area (Å²) >= 11 is 0. The molecule has 18 heavy (non-hydrogen) atoms. The highest BCUT2D eigenvalue weighted by Crippen LogP contribution is 2.50. The maximum Gasteiger partial charge on any atom is 0.309 e. The molecule has 0 radical (unpaired) electrons. The van der Waals surface area contributed by atoms with Gasteiger partial charge in [0.1, 0.15) is 6.10 Å². The van der Waals surface area contributed by atoms with Gasteiger partial charge in [-0.05, 0) is 24.3 Å². The fraction of sp³-hybridized carbons (Fsp3) is 0.600. The van der Waals surface area contributed by atoms with E-state index in [1.54, 1.807) is 0 Å². The molecule has 1 aliphatic heterocycles. The van der Waals surface area contributed by atoms with Crippen molar-refractivity contribution in [3.63, 3.8) is 0 Å². The Morgan fingerprint density at radius 2 is 2.00 bits per heavy atom. The van der Waals surface area contributed by atoms with Gasteiger partial charge in [-0.2, -0.15) is 0 Å². The van der Waals surface area contributed by atoms with Crippen molar-refractivity contribution in [2.75, 3.05) is 0 Å². The smallest absolute Gasteiger partial charge is 0.309 e. The van der Waals surface area contributed by atoms with Gasteiger partial charge in [-0.15, -0.1) is 0 Å². The molecule has 3 aliphatic rings. The molecule has 0 N–H and O–H groups in total. The number of rotatable bonds is 0. The van der Waals surface area contributed by atoms with Crippen molar-refractivity contribution in [1.82, 2.24) is 0 Å². The van der Waals surface area contributed by atoms with Gasteiger partial charge in [-0.1, -0.05) is 25.7 Å². The normalized spacial score (nSPS) is 43.5. The van der Waals surface area contributed by atoms with Crippen LogP contribution >= 0.6 is 0 Å². The van der Waals surface area contributed by atoms with Crippen LogP contribution in [0.15, 0.2) is 24.3 Å². The Labute approximate surface area is 107 Å². The van der Waals surface area contributed by atoms with Gasteiger partial charge in [0.05, 0.1) is 5.92 Å². The molecule has 2 saturated carbocycles. The molecule has 3 rings (SSSR count). The molecule has 1 heterocycles. The topological polar surface area (TPSA) is 43.4 Å². The van der Waals surface area contributed by atoms with Crippen LogP contribution in [-0.4, -0.2) is 17.9 Å². The lowest BCUT2D eigenvalue weighted by Crippen LogP contribution is -2.29. The molecule has 0 spiro atoms. The second kappa shape index (κ2) is 3.81. The van der Waals surface area contributed by atoms with Crippen LogP contribution in [0.5, 0.6) is 0 Å². The third-order valence-electron chi connectivity index (χ3n) is 4.96. The molecular formula is C15H18O3. The minimum atomic E-state index is -0.157. The lowest BCUT2D eigenvalue weighted by atomic mass is 9.80. The van der Waals surface area contributed by atoms with E-state index in [2.05, 4.69) is 13.2 Å². The number of ether oxygens (including phenoxy) is 1. The minimum absolute atomic E-state index is 0.0219. The van der Waals surface area contributed by atoms with E-state index in [0.29, 0.717) is 12.0 Å². The largest absolute Gasteiger partial charge is 0.461 e. The van der Waals surface area contributed by atoms with Gasteiger partial charge in [0.2, 0.25) is 0 Å². The third kappa shape index (κ3) is 1.43. The van der Waals surface area contributed by atoms with Crippen LogP contribution in [0.1, 0.15) is 26.2 Å². The highest BCUT2D eigenvalue weighted by molar-refractivity contribution is 5.98. The van der Waals surface area contributed by atoms with Crippen LogP contribution in [-0.2, 0) is 14.3 Å². The summed E-state index contributed by atoms with van der Waals surface area (Å²) in [5.41, 5.74) is 1.77. The molecule has 2 aliphatic carbocycles. The van der Waals surface area contributed by atoms with E-state index in [0.717, 1.165) is 18.4 Å². The quantitative estimate of drug-likeness (QED) is 0.374. The number of Topliss-reactive ketones (excluding diaryl/α,β-unsaturated/α-hetero) is 1. The van der Waals surface area contributed by atoms with Gasteiger partial charge >= 0.3 is 5.97 Å². The lowest BCUT2D eigenvalue weighted by Gasteiger charge is -2.25. The Bertz CT molecular complexity index is 462. The van der Waals surface area contributed by atoms with Gasteiger partial charge in [-0.3, -0.25) is 9.59 Å². The molecule has 1 saturated heterocycles. The van der Waals surface area contributed by atoms with Crippen LogP contribution in [0.3, 0.4) is 0 Å². The van der Waals surface area contributed by atoms with Crippen molar-refractivity contribution >= 4 is 11.8 Å².